The van der Waals surface area contributed by atoms with Crippen molar-refractivity contribution in [2.75, 3.05) is 0 Å². The first-order chi connectivity index (χ1) is 13.0. The molecule has 0 saturated carbocycles. The van der Waals surface area contributed by atoms with E-state index >= 15 is 0 Å². The van der Waals surface area contributed by atoms with Gasteiger partial charge in [-0.2, -0.15) is 0 Å². The summed E-state index contributed by atoms with van der Waals surface area (Å²) in [5, 5.41) is -1.43. The molecule has 0 N–H and O–H groups in total. The molecule has 0 aromatic carbocycles. The molecule has 0 aliphatic carbocycles. The van der Waals surface area contributed by atoms with Gasteiger partial charge in [0.25, 0.3) is 0 Å². The standard InChI is InChI=1S/2C10H22O3S.Ba/c2*1-3-4-5-6-7-8-9-10(2)14(11,12)13;/h2*10H,3-9H2,1-2H3,(H,11,12,13);/q;;+2/p-2. The van der Waals surface area contributed by atoms with Gasteiger partial charge < -0.3 is 9.11 Å². The third-order valence-corrected chi connectivity index (χ3v) is 7.36. The average Bonchev–Trinajstić information content (AvgIpc) is 2.59. The normalized spacial score (nSPS) is 13.7. The molecule has 0 aliphatic heterocycles. The van der Waals surface area contributed by atoms with Crippen LogP contribution in [0.5, 0.6) is 0 Å². The van der Waals surface area contributed by atoms with Crippen LogP contribution in [0.15, 0.2) is 0 Å². The summed E-state index contributed by atoms with van der Waals surface area (Å²) < 4.78 is 63.3. The number of hydrogen-bond acceptors (Lipinski definition) is 6. The van der Waals surface area contributed by atoms with Gasteiger partial charge in [-0.25, -0.2) is 16.8 Å². The quantitative estimate of drug-likeness (QED) is 0.145. The van der Waals surface area contributed by atoms with Crippen LogP contribution in [-0.2, 0) is 20.2 Å². The summed E-state index contributed by atoms with van der Waals surface area (Å²) in [5.41, 5.74) is 0. The van der Waals surface area contributed by atoms with E-state index in [0.717, 1.165) is 38.5 Å². The van der Waals surface area contributed by atoms with E-state index in [1.54, 1.807) is 0 Å². The Bertz CT molecular complexity index is 499. The van der Waals surface area contributed by atoms with E-state index in [4.69, 9.17) is 0 Å². The fourth-order valence-corrected chi connectivity index (χ4v) is 3.62. The zero-order chi connectivity index (χ0) is 22.1. The smallest absolute Gasteiger partial charge is 0.748 e. The number of hydrogen-bond donors (Lipinski definition) is 0. The van der Waals surface area contributed by atoms with Crippen LogP contribution in [-0.4, -0.2) is 85.3 Å². The molecule has 0 aliphatic rings. The minimum atomic E-state index is -4.05. The second-order valence-electron chi connectivity index (χ2n) is 7.72. The van der Waals surface area contributed by atoms with Crippen molar-refractivity contribution in [3.8, 4) is 0 Å². The molecule has 0 spiro atoms. The van der Waals surface area contributed by atoms with Gasteiger partial charge in [-0.15, -0.1) is 0 Å². The monoisotopic (exact) mass is 580 g/mol. The van der Waals surface area contributed by atoms with Crippen molar-refractivity contribution in [3.63, 3.8) is 0 Å². The molecule has 0 rings (SSSR count). The maximum atomic E-state index is 10.5. The third kappa shape index (κ3) is 25.5. The van der Waals surface area contributed by atoms with Gasteiger partial charge in [0.1, 0.15) is 0 Å². The summed E-state index contributed by atoms with van der Waals surface area (Å²) in [7, 11) is -8.10. The molecule has 2 atom stereocenters. The zero-order valence-electron chi connectivity index (χ0n) is 19.0. The Morgan fingerprint density at radius 1 is 0.552 bits per heavy atom. The summed E-state index contributed by atoms with van der Waals surface area (Å²) >= 11 is 0. The summed E-state index contributed by atoms with van der Waals surface area (Å²) in [6.07, 6.45) is 14.5. The maximum absolute atomic E-state index is 10.5. The second-order valence-corrected chi connectivity index (χ2v) is 11.3. The van der Waals surface area contributed by atoms with E-state index in [0.29, 0.717) is 12.8 Å². The SMILES string of the molecule is CCCCCCCCC(C)S(=O)(=O)[O-].CCCCCCCCC(C)S(=O)(=O)[O-].[Ba+2]. The molecule has 2 unspecified atom stereocenters. The molecule has 172 valence electrons. The van der Waals surface area contributed by atoms with Crippen LogP contribution in [0.25, 0.3) is 0 Å². The van der Waals surface area contributed by atoms with Crippen LogP contribution in [0.4, 0.5) is 0 Å². The molecule has 0 saturated heterocycles. The Morgan fingerprint density at radius 3 is 1.03 bits per heavy atom. The van der Waals surface area contributed by atoms with Gasteiger partial charge in [0.2, 0.25) is 0 Å². The van der Waals surface area contributed by atoms with Gasteiger partial charge in [-0.3, -0.25) is 0 Å². The minimum Gasteiger partial charge on any atom is -0.748 e. The van der Waals surface area contributed by atoms with Crippen LogP contribution in [0.2, 0.25) is 0 Å². The van der Waals surface area contributed by atoms with Gasteiger partial charge in [-0.05, 0) is 26.7 Å². The predicted molar refractivity (Wildman–Crippen MR) is 120 cm³/mol. The summed E-state index contributed by atoms with van der Waals surface area (Å²) in [6, 6.07) is 0. The maximum Gasteiger partial charge on any atom is 2.00 e. The van der Waals surface area contributed by atoms with Crippen molar-refractivity contribution in [2.24, 2.45) is 0 Å². The second kappa shape index (κ2) is 21.2. The van der Waals surface area contributed by atoms with E-state index in [1.165, 1.54) is 52.4 Å². The molecule has 9 heteroatoms. The molecular weight excluding hydrogens is 538 g/mol. The van der Waals surface area contributed by atoms with Crippen LogP contribution in [0.3, 0.4) is 0 Å². The van der Waals surface area contributed by atoms with E-state index in [9.17, 15) is 25.9 Å². The molecule has 0 aromatic heterocycles. The summed E-state index contributed by atoms with van der Waals surface area (Å²) in [4.78, 5) is 0. The van der Waals surface area contributed by atoms with Crippen LogP contribution >= 0.6 is 0 Å². The first-order valence-corrected chi connectivity index (χ1v) is 13.8. The Hall–Kier alpha value is 1.39. The number of rotatable bonds is 16. The van der Waals surface area contributed by atoms with E-state index in [1.807, 2.05) is 0 Å². The molecular formula is C20H42BaO6S2. The molecule has 0 fully saturated rings. The van der Waals surface area contributed by atoms with E-state index < -0.39 is 30.7 Å². The zero-order valence-corrected chi connectivity index (χ0v) is 25.1. The van der Waals surface area contributed by atoms with Crippen molar-refractivity contribution >= 4 is 69.1 Å². The van der Waals surface area contributed by atoms with Gasteiger partial charge in [0.15, 0.2) is 0 Å². The van der Waals surface area contributed by atoms with Crippen molar-refractivity contribution in [2.45, 2.75) is 128 Å². The van der Waals surface area contributed by atoms with Gasteiger partial charge in [0.05, 0.1) is 20.2 Å². The number of unbranched alkanes of at least 4 members (excludes halogenated alkanes) is 10. The van der Waals surface area contributed by atoms with Gasteiger partial charge in [-0.1, -0.05) is 90.9 Å². The Kier molecular flexibility index (Phi) is 25.6. The van der Waals surface area contributed by atoms with Crippen molar-refractivity contribution < 1.29 is 25.9 Å². The molecule has 0 bridgehead atoms. The first kappa shape index (κ1) is 35.0. The molecule has 0 radical (unpaired) electrons. The summed E-state index contributed by atoms with van der Waals surface area (Å²) in [6.45, 7) is 7.31. The van der Waals surface area contributed by atoms with Crippen LogP contribution < -0.4 is 0 Å². The molecule has 0 aromatic rings. The molecule has 29 heavy (non-hydrogen) atoms. The first-order valence-electron chi connectivity index (χ1n) is 10.9. The van der Waals surface area contributed by atoms with Crippen molar-refractivity contribution in [1.29, 1.82) is 0 Å². The molecule has 6 nitrogen and oxygen atoms in total. The van der Waals surface area contributed by atoms with E-state index in [-0.39, 0.29) is 48.9 Å². The van der Waals surface area contributed by atoms with Crippen molar-refractivity contribution in [3.05, 3.63) is 0 Å². The van der Waals surface area contributed by atoms with E-state index in [2.05, 4.69) is 13.8 Å². The minimum absolute atomic E-state index is 0. The van der Waals surface area contributed by atoms with Crippen molar-refractivity contribution in [1.82, 2.24) is 0 Å². The van der Waals surface area contributed by atoms with Gasteiger partial charge in [0, 0.05) is 10.5 Å². The largest absolute Gasteiger partial charge is 2.00 e. The Morgan fingerprint density at radius 2 is 0.793 bits per heavy atom. The predicted octanol–water partition coefficient (Wildman–Crippen LogP) is 4.96. The fourth-order valence-electron chi connectivity index (χ4n) is 2.71. The van der Waals surface area contributed by atoms with Crippen LogP contribution in [0, 0.1) is 0 Å². The Labute approximate surface area is 221 Å². The fraction of sp³-hybridized carbons (Fsp3) is 1.00. The Balaban J connectivity index is -0.000000451. The van der Waals surface area contributed by atoms with Gasteiger partial charge >= 0.3 is 48.9 Å². The topological polar surface area (TPSA) is 114 Å². The average molecular weight is 580 g/mol. The van der Waals surface area contributed by atoms with Crippen LogP contribution in [0.1, 0.15) is 118 Å². The molecule has 0 heterocycles. The molecule has 0 amide bonds. The third-order valence-electron chi connectivity index (χ3n) is 4.91. The summed E-state index contributed by atoms with van der Waals surface area (Å²) in [5.74, 6) is 0.